The van der Waals surface area contributed by atoms with Gasteiger partial charge in [-0.1, -0.05) is 0 Å². The van der Waals surface area contributed by atoms with Gasteiger partial charge >= 0.3 is 11.9 Å². The van der Waals surface area contributed by atoms with E-state index in [1.54, 1.807) is 0 Å². The third kappa shape index (κ3) is 1.90. The van der Waals surface area contributed by atoms with E-state index >= 15 is 0 Å². The van der Waals surface area contributed by atoms with Gasteiger partial charge in [-0.25, -0.2) is 9.59 Å². The molecular formula is C11H11NO6. The third-order valence-corrected chi connectivity index (χ3v) is 2.95. The smallest absolute Gasteiger partial charge is 0.343 e. The first-order valence-electron chi connectivity index (χ1n) is 4.94. The van der Waals surface area contributed by atoms with Crippen LogP contribution >= 0.6 is 0 Å². The normalized spacial score (nSPS) is 10.2. The van der Waals surface area contributed by atoms with Gasteiger partial charge in [0.25, 0.3) is 5.69 Å². The van der Waals surface area contributed by atoms with E-state index < -0.39 is 33.7 Å². The van der Waals surface area contributed by atoms with Crippen LogP contribution in [0.1, 0.15) is 37.4 Å². The van der Waals surface area contributed by atoms with Gasteiger partial charge in [0.05, 0.1) is 10.5 Å². The zero-order valence-corrected chi connectivity index (χ0v) is 9.97. The molecule has 0 saturated carbocycles. The maximum Gasteiger partial charge on any atom is 0.343 e. The summed E-state index contributed by atoms with van der Waals surface area (Å²) in [6, 6.07) is 0. The van der Waals surface area contributed by atoms with Gasteiger partial charge in [0.2, 0.25) is 0 Å². The van der Waals surface area contributed by atoms with Gasteiger partial charge in [-0.05, 0) is 31.9 Å². The van der Waals surface area contributed by atoms with Crippen molar-refractivity contribution < 1.29 is 24.7 Å². The van der Waals surface area contributed by atoms with E-state index in [4.69, 9.17) is 10.2 Å². The Morgan fingerprint density at radius 1 is 0.944 bits per heavy atom. The minimum absolute atomic E-state index is 0.167. The molecule has 0 aliphatic carbocycles. The highest BCUT2D eigenvalue weighted by Crippen LogP contribution is 2.32. The van der Waals surface area contributed by atoms with E-state index in [-0.39, 0.29) is 11.1 Å². The largest absolute Gasteiger partial charge is 0.478 e. The highest BCUT2D eigenvalue weighted by molar-refractivity contribution is 6.06. The Hall–Kier alpha value is -2.44. The topological polar surface area (TPSA) is 118 Å². The molecule has 7 nitrogen and oxygen atoms in total. The molecule has 0 fully saturated rings. The number of nitro benzene ring substituents is 1. The standard InChI is InChI=1S/C11H11NO6/c1-4-5(2)7(10(13)14)8(11(15)16)9(6(4)3)12(17)18/h1-3H3,(H,13,14)(H,15,16). The molecular weight excluding hydrogens is 242 g/mol. The SMILES string of the molecule is Cc1c(C)c(C(=O)O)c(C(=O)O)c([N+](=O)[O-])c1C. The van der Waals surface area contributed by atoms with Crippen LogP contribution in [0.15, 0.2) is 0 Å². The van der Waals surface area contributed by atoms with Crippen LogP contribution in [-0.2, 0) is 0 Å². The minimum Gasteiger partial charge on any atom is -0.478 e. The molecule has 0 saturated heterocycles. The highest BCUT2D eigenvalue weighted by atomic mass is 16.6. The van der Waals surface area contributed by atoms with Gasteiger partial charge in [0.15, 0.2) is 5.56 Å². The summed E-state index contributed by atoms with van der Waals surface area (Å²) >= 11 is 0. The van der Waals surface area contributed by atoms with Gasteiger partial charge < -0.3 is 10.2 Å². The molecule has 0 aromatic heterocycles. The van der Waals surface area contributed by atoms with Crippen molar-refractivity contribution in [3.63, 3.8) is 0 Å². The molecule has 1 aromatic rings. The number of carboxylic acids is 2. The summed E-state index contributed by atoms with van der Waals surface area (Å²) in [5, 5.41) is 29.0. The average molecular weight is 253 g/mol. The predicted molar refractivity (Wildman–Crippen MR) is 61.2 cm³/mol. The maximum atomic E-state index is 11.1. The zero-order chi connectivity index (χ0) is 14.2. The molecule has 1 rings (SSSR count). The van der Waals surface area contributed by atoms with Crippen molar-refractivity contribution in [3.05, 3.63) is 37.9 Å². The number of carbonyl (C=O) groups is 2. The number of nitrogens with zero attached hydrogens (tertiary/aromatic N) is 1. The van der Waals surface area contributed by atoms with Crippen LogP contribution in [0.5, 0.6) is 0 Å². The van der Waals surface area contributed by atoms with Crippen LogP contribution in [0.4, 0.5) is 5.69 Å². The number of aromatic carboxylic acids is 2. The second-order valence-corrected chi connectivity index (χ2v) is 3.84. The third-order valence-electron chi connectivity index (χ3n) is 2.95. The lowest BCUT2D eigenvalue weighted by molar-refractivity contribution is -0.385. The molecule has 0 atom stereocenters. The molecule has 2 N–H and O–H groups in total. The molecule has 1 aromatic carbocycles. The van der Waals surface area contributed by atoms with E-state index in [2.05, 4.69) is 0 Å². The quantitative estimate of drug-likeness (QED) is 0.627. The van der Waals surface area contributed by atoms with Crippen LogP contribution in [0.3, 0.4) is 0 Å². The molecule has 18 heavy (non-hydrogen) atoms. The van der Waals surface area contributed by atoms with Crippen LogP contribution in [0.2, 0.25) is 0 Å². The van der Waals surface area contributed by atoms with Gasteiger partial charge in [0.1, 0.15) is 0 Å². The van der Waals surface area contributed by atoms with Gasteiger partial charge in [-0.3, -0.25) is 10.1 Å². The number of hydrogen-bond donors (Lipinski definition) is 2. The molecule has 96 valence electrons. The molecule has 0 spiro atoms. The lowest BCUT2D eigenvalue weighted by Gasteiger charge is -2.12. The number of nitro groups is 1. The summed E-state index contributed by atoms with van der Waals surface area (Å²) < 4.78 is 0. The molecule has 0 aliphatic heterocycles. The molecule has 0 bridgehead atoms. The number of rotatable bonds is 3. The van der Waals surface area contributed by atoms with Crippen molar-refractivity contribution in [2.45, 2.75) is 20.8 Å². The Morgan fingerprint density at radius 3 is 1.72 bits per heavy atom. The first-order valence-corrected chi connectivity index (χ1v) is 4.94. The summed E-state index contributed by atoms with van der Waals surface area (Å²) in [5.74, 6) is -3.11. The van der Waals surface area contributed by atoms with Crippen LogP contribution in [0.25, 0.3) is 0 Å². The van der Waals surface area contributed by atoms with Crippen molar-refractivity contribution in [2.75, 3.05) is 0 Å². The molecule has 0 amide bonds. The number of carboxylic acid groups (broad SMARTS) is 2. The molecule has 0 radical (unpaired) electrons. The van der Waals surface area contributed by atoms with Crippen LogP contribution in [0, 0.1) is 30.9 Å². The zero-order valence-electron chi connectivity index (χ0n) is 9.97. The Balaban J connectivity index is 3.99. The monoisotopic (exact) mass is 253 g/mol. The van der Waals surface area contributed by atoms with Crippen LogP contribution < -0.4 is 0 Å². The first kappa shape index (κ1) is 13.6. The maximum absolute atomic E-state index is 11.1. The highest BCUT2D eigenvalue weighted by Gasteiger charge is 2.32. The first-order chi connectivity index (χ1) is 8.20. The number of hydrogen-bond acceptors (Lipinski definition) is 4. The van der Waals surface area contributed by atoms with Crippen molar-refractivity contribution in [3.8, 4) is 0 Å². The van der Waals surface area contributed by atoms with E-state index in [1.165, 1.54) is 20.8 Å². The van der Waals surface area contributed by atoms with Crippen molar-refractivity contribution in [1.82, 2.24) is 0 Å². The second kappa shape index (κ2) is 4.44. The summed E-state index contributed by atoms with van der Waals surface area (Å²) in [4.78, 5) is 32.3. The Bertz CT molecular complexity index is 534. The van der Waals surface area contributed by atoms with Gasteiger partial charge in [-0.2, -0.15) is 0 Å². The fraction of sp³-hybridized carbons (Fsp3) is 0.273. The Morgan fingerprint density at radius 2 is 1.39 bits per heavy atom. The van der Waals surface area contributed by atoms with Gasteiger partial charge in [-0.15, -0.1) is 0 Å². The Labute approximate surface area is 102 Å². The molecule has 0 heterocycles. The van der Waals surface area contributed by atoms with Crippen molar-refractivity contribution in [1.29, 1.82) is 0 Å². The van der Waals surface area contributed by atoms with Crippen LogP contribution in [-0.4, -0.2) is 27.1 Å². The molecule has 0 aliphatic rings. The van der Waals surface area contributed by atoms with Crippen molar-refractivity contribution >= 4 is 17.6 Å². The fourth-order valence-electron chi connectivity index (χ4n) is 1.84. The number of benzene rings is 1. The second-order valence-electron chi connectivity index (χ2n) is 3.84. The summed E-state index contributed by atoms with van der Waals surface area (Å²) in [5.41, 5.74) is -1.17. The van der Waals surface area contributed by atoms with Gasteiger partial charge in [0, 0.05) is 5.56 Å². The lowest BCUT2D eigenvalue weighted by atomic mass is 9.91. The molecule has 0 unspecified atom stereocenters. The Kier molecular flexibility index (Phi) is 3.36. The summed E-state index contributed by atoms with van der Waals surface area (Å²) in [7, 11) is 0. The van der Waals surface area contributed by atoms with Crippen molar-refractivity contribution in [2.24, 2.45) is 0 Å². The van der Waals surface area contributed by atoms with E-state index in [9.17, 15) is 19.7 Å². The summed E-state index contributed by atoms with van der Waals surface area (Å²) in [6.07, 6.45) is 0. The minimum atomic E-state index is -1.62. The summed E-state index contributed by atoms with van der Waals surface area (Å²) in [6.45, 7) is 4.36. The van der Waals surface area contributed by atoms with E-state index in [1.807, 2.05) is 0 Å². The van der Waals surface area contributed by atoms with E-state index in [0.29, 0.717) is 5.56 Å². The predicted octanol–water partition coefficient (Wildman–Crippen LogP) is 1.92. The molecule has 7 heteroatoms. The lowest BCUT2D eigenvalue weighted by Crippen LogP contribution is -2.15. The van der Waals surface area contributed by atoms with E-state index in [0.717, 1.165) is 0 Å². The fourth-order valence-corrected chi connectivity index (χ4v) is 1.84. The average Bonchev–Trinajstić information content (AvgIpc) is 2.23.